The molecule has 0 radical (unpaired) electrons. The highest BCUT2D eigenvalue weighted by Gasteiger charge is 2.47. The monoisotopic (exact) mass is 211 g/mol. The van der Waals surface area contributed by atoms with Crippen LogP contribution in [0.5, 0.6) is 0 Å². The molecule has 0 aromatic rings. The van der Waals surface area contributed by atoms with Gasteiger partial charge >= 0.3 is 0 Å². The number of rotatable bonds is 2. The van der Waals surface area contributed by atoms with Crippen LogP contribution in [0.4, 0.5) is 0 Å². The van der Waals surface area contributed by atoms with E-state index in [0.29, 0.717) is 5.54 Å². The Hall–Kier alpha value is -0.0800. The average Bonchev–Trinajstić information content (AvgIpc) is 2.55. The fourth-order valence-corrected chi connectivity index (χ4v) is 3.17. The highest BCUT2D eigenvalue weighted by molar-refractivity contribution is 5.02. The summed E-state index contributed by atoms with van der Waals surface area (Å²) in [5.41, 5.74) is 0.404. The van der Waals surface area contributed by atoms with Gasteiger partial charge in [0.25, 0.3) is 0 Å². The van der Waals surface area contributed by atoms with E-state index < -0.39 is 0 Å². The van der Waals surface area contributed by atoms with Crippen LogP contribution in [0.25, 0.3) is 0 Å². The highest BCUT2D eigenvalue weighted by Crippen LogP contribution is 2.42. The third kappa shape index (κ3) is 2.36. The van der Waals surface area contributed by atoms with Gasteiger partial charge in [-0.3, -0.25) is 4.90 Å². The van der Waals surface area contributed by atoms with E-state index in [2.05, 4.69) is 32.6 Å². The smallest absolute Gasteiger partial charge is 0.0657 e. The van der Waals surface area contributed by atoms with Crippen molar-refractivity contribution in [1.29, 1.82) is 0 Å². The van der Waals surface area contributed by atoms with Gasteiger partial charge in [0.2, 0.25) is 0 Å². The van der Waals surface area contributed by atoms with Crippen LogP contribution in [-0.2, 0) is 4.74 Å². The maximum Gasteiger partial charge on any atom is 0.0657 e. The second-order valence-electron chi connectivity index (χ2n) is 6.48. The Morgan fingerprint density at radius 2 is 2.13 bits per heavy atom. The van der Waals surface area contributed by atoms with Crippen molar-refractivity contribution in [2.45, 2.75) is 58.1 Å². The third-order valence-electron chi connectivity index (χ3n) is 3.78. The molecule has 0 bridgehead atoms. The fraction of sp³-hybridized carbons (Fsp3) is 1.00. The van der Waals surface area contributed by atoms with Crippen molar-refractivity contribution in [2.24, 2.45) is 5.92 Å². The molecule has 0 saturated carbocycles. The van der Waals surface area contributed by atoms with Crippen molar-refractivity contribution in [1.82, 2.24) is 4.90 Å². The highest BCUT2D eigenvalue weighted by atomic mass is 16.5. The normalized spacial score (nSPS) is 37.2. The molecule has 88 valence electrons. The number of hydrogen-bond acceptors (Lipinski definition) is 2. The van der Waals surface area contributed by atoms with Crippen LogP contribution in [0, 0.1) is 5.92 Å². The minimum atomic E-state index is 0.00877. The van der Waals surface area contributed by atoms with Gasteiger partial charge in [0, 0.05) is 12.1 Å². The summed E-state index contributed by atoms with van der Waals surface area (Å²) in [7, 11) is 0. The minimum absolute atomic E-state index is 0.00877. The van der Waals surface area contributed by atoms with E-state index in [0.717, 1.165) is 12.5 Å². The molecule has 0 aliphatic carbocycles. The van der Waals surface area contributed by atoms with Gasteiger partial charge < -0.3 is 4.74 Å². The summed E-state index contributed by atoms with van der Waals surface area (Å²) >= 11 is 0. The third-order valence-corrected chi connectivity index (χ3v) is 3.78. The second-order valence-corrected chi connectivity index (χ2v) is 6.48. The standard InChI is InChI=1S/C13H25NO/c1-11-8-13(10-15-12(2,3)4)6-5-7-14(13)9-11/h11H,5-10H2,1-4H3/t11-,13+/m0/s1. The lowest BCUT2D eigenvalue weighted by Crippen LogP contribution is -2.44. The average molecular weight is 211 g/mol. The topological polar surface area (TPSA) is 12.5 Å². The zero-order chi connectivity index (χ0) is 11.1. The lowest BCUT2D eigenvalue weighted by molar-refractivity contribution is -0.0524. The molecule has 2 saturated heterocycles. The van der Waals surface area contributed by atoms with Crippen molar-refractivity contribution in [3.63, 3.8) is 0 Å². The molecular weight excluding hydrogens is 186 g/mol. The molecule has 0 amide bonds. The summed E-state index contributed by atoms with van der Waals surface area (Å²) in [5, 5.41) is 0. The molecule has 0 aromatic heterocycles. The molecule has 15 heavy (non-hydrogen) atoms. The number of nitrogens with zero attached hydrogens (tertiary/aromatic N) is 1. The van der Waals surface area contributed by atoms with Crippen molar-refractivity contribution >= 4 is 0 Å². The molecule has 0 N–H and O–H groups in total. The molecule has 0 unspecified atom stereocenters. The van der Waals surface area contributed by atoms with Gasteiger partial charge in [-0.05, 0) is 52.5 Å². The molecule has 0 aromatic carbocycles. The van der Waals surface area contributed by atoms with E-state index >= 15 is 0 Å². The Morgan fingerprint density at radius 1 is 1.40 bits per heavy atom. The number of fused-ring (bicyclic) bond motifs is 1. The van der Waals surface area contributed by atoms with Gasteiger partial charge in [-0.15, -0.1) is 0 Å². The first-order valence-electron chi connectivity index (χ1n) is 6.30. The molecule has 2 atom stereocenters. The Morgan fingerprint density at radius 3 is 2.80 bits per heavy atom. The fourth-order valence-electron chi connectivity index (χ4n) is 3.17. The maximum atomic E-state index is 6.02. The summed E-state index contributed by atoms with van der Waals surface area (Å²) in [6, 6.07) is 0. The first-order valence-corrected chi connectivity index (χ1v) is 6.30. The SMILES string of the molecule is C[C@@H]1CN2CCC[C@]2(COC(C)(C)C)C1. The zero-order valence-corrected chi connectivity index (χ0v) is 10.7. The van der Waals surface area contributed by atoms with Crippen LogP contribution in [-0.4, -0.2) is 35.7 Å². The molecule has 2 aliphatic heterocycles. The lowest BCUT2D eigenvalue weighted by Gasteiger charge is -2.34. The first-order chi connectivity index (χ1) is 6.91. The quantitative estimate of drug-likeness (QED) is 0.696. The van der Waals surface area contributed by atoms with Crippen LogP contribution in [0.3, 0.4) is 0 Å². The maximum absolute atomic E-state index is 6.02. The largest absolute Gasteiger partial charge is 0.374 e. The van der Waals surface area contributed by atoms with E-state index in [-0.39, 0.29) is 5.60 Å². The molecule has 2 nitrogen and oxygen atoms in total. The van der Waals surface area contributed by atoms with Crippen LogP contribution in [0.2, 0.25) is 0 Å². The van der Waals surface area contributed by atoms with Crippen molar-refractivity contribution < 1.29 is 4.74 Å². The minimum Gasteiger partial charge on any atom is -0.374 e. The Bertz CT molecular complexity index is 233. The number of ether oxygens (including phenoxy) is 1. The summed E-state index contributed by atoms with van der Waals surface area (Å²) in [6.07, 6.45) is 4.04. The Kier molecular flexibility index (Phi) is 2.85. The molecule has 2 aliphatic rings. The molecule has 2 heterocycles. The van der Waals surface area contributed by atoms with Crippen LogP contribution in [0.1, 0.15) is 47.0 Å². The summed E-state index contributed by atoms with van der Waals surface area (Å²) < 4.78 is 6.02. The van der Waals surface area contributed by atoms with Gasteiger partial charge in [0.05, 0.1) is 12.2 Å². The molecular formula is C13H25NO. The summed E-state index contributed by atoms with van der Waals surface area (Å²) in [4.78, 5) is 2.67. The molecule has 2 rings (SSSR count). The number of hydrogen-bond donors (Lipinski definition) is 0. The van der Waals surface area contributed by atoms with Crippen LogP contribution in [0.15, 0.2) is 0 Å². The molecule has 0 spiro atoms. The predicted molar refractivity (Wildman–Crippen MR) is 63.0 cm³/mol. The van der Waals surface area contributed by atoms with Crippen molar-refractivity contribution in [3.05, 3.63) is 0 Å². The Labute approximate surface area is 94.0 Å². The molecule has 2 heteroatoms. The van der Waals surface area contributed by atoms with Crippen LogP contribution < -0.4 is 0 Å². The van der Waals surface area contributed by atoms with Gasteiger partial charge in [0.15, 0.2) is 0 Å². The second kappa shape index (κ2) is 3.74. The summed E-state index contributed by atoms with van der Waals surface area (Å²) in [5.74, 6) is 0.855. The lowest BCUT2D eigenvalue weighted by atomic mass is 9.91. The van der Waals surface area contributed by atoms with Crippen molar-refractivity contribution in [2.75, 3.05) is 19.7 Å². The van der Waals surface area contributed by atoms with Gasteiger partial charge in [-0.25, -0.2) is 0 Å². The van der Waals surface area contributed by atoms with E-state index in [9.17, 15) is 0 Å². The summed E-state index contributed by atoms with van der Waals surface area (Å²) in [6.45, 7) is 12.3. The van der Waals surface area contributed by atoms with Gasteiger partial charge in [0.1, 0.15) is 0 Å². The van der Waals surface area contributed by atoms with E-state index in [4.69, 9.17) is 4.74 Å². The van der Waals surface area contributed by atoms with Gasteiger partial charge in [-0.2, -0.15) is 0 Å². The van der Waals surface area contributed by atoms with E-state index in [1.807, 2.05) is 0 Å². The predicted octanol–water partition coefficient (Wildman–Crippen LogP) is 2.68. The van der Waals surface area contributed by atoms with E-state index in [1.54, 1.807) is 0 Å². The Balaban J connectivity index is 1.99. The van der Waals surface area contributed by atoms with E-state index in [1.165, 1.54) is 32.4 Å². The first kappa shape index (κ1) is 11.4. The molecule has 2 fully saturated rings. The van der Waals surface area contributed by atoms with Crippen LogP contribution >= 0.6 is 0 Å². The zero-order valence-electron chi connectivity index (χ0n) is 10.7. The van der Waals surface area contributed by atoms with Gasteiger partial charge in [-0.1, -0.05) is 6.92 Å². The van der Waals surface area contributed by atoms with Crippen molar-refractivity contribution in [3.8, 4) is 0 Å².